The molecular weight excluding hydrogens is 136 g/mol. The normalized spacial score (nSPS) is 8.82. The van der Waals surface area contributed by atoms with E-state index in [1.165, 1.54) is 0 Å². The van der Waals surface area contributed by atoms with Crippen LogP contribution in [0.1, 0.15) is 53.4 Å². The van der Waals surface area contributed by atoms with Gasteiger partial charge in [-0.05, 0) is 12.8 Å². The molecule has 0 rings (SSSR count). The summed E-state index contributed by atoms with van der Waals surface area (Å²) in [5, 5.41) is 0. The van der Waals surface area contributed by atoms with Crippen LogP contribution in [0.25, 0.3) is 0 Å². The molecule has 0 spiro atoms. The first-order valence-corrected chi connectivity index (χ1v) is 4.80. The summed E-state index contributed by atoms with van der Waals surface area (Å²) >= 11 is 0. The molecular formula is C10H22O. The third kappa shape index (κ3) is 9.67. The van der Waals surface area contributed by atoms with E-state index in [4.69, 9.17) is 0 Å². The predicted octanol–water partition coefficient (Wildman–Crippen LogP) is 3.43. The molecule has 0 unspecified atom stereocenters. The van der Waals surface area contributed by atoms with Crippen LogP contribution >= 0.6 is 0 Å². The number of hydrogen-bond acceptors (Lipinski definition) is 1. The van der Waals surface area contributed by atoms with E-state index in [2.05, 4.69) is 13.8 Å². The molecule has 68 valence electrons. The Labute approximate surface area is 71.2 Å². The summed E-state index contributed by atoms with van der Waals surface area (Å²) < 4.78 is 0. The van der Waals surface area contributed by atoms with Gasteiger partial charge in [-0.3, -0.25) is 0 Å². The summed E-state index contributed by atoms with van der Waals surface area (Å²) in [4.78, 5) is 10.3. The zero-order valence-corrected chi connectivity index (χ0v) is 8.39. The SMILES string of the molecule is CC.CCCC(C=O)CCC. The lowest BCUT2D eigenvalue weighted by molar-refractivity contribution is -0.111. The van der Waals surface area contributed by atoms with Gasteiger partial charge in [0.15, 0.2) is 0 Å². The Bertz CT molecular complexity index is 63.3. The van der Waals surface area contributed by atoms with Gasteiger partial charge in [0.05, 0.1) is 0 Å². The van der Waals surface area contributed by atoms with Crippen molar-refractivity contribution in [3.05, 3.63) is 0 Å². The summed E-state index contributed by atoms with van der Waals surface area (Å²) in [6.45, 7) is 8.23. The first-order chi connectivity index (χ1) is 5.35. The highest BCUT2D eigenvalue weighted by Crippen LogP contribution is 2.09. The van der Waals surface area contributed by atoms with Crippen molar-refractivity contribution >= 4 is 6.29 Å². The van der Waals surface area contributed by atoms with Crippen LogP contribution in [-0.2, 0) is 4.79 Å². The molecule has 0 amide bonds. The first-order valence-electron chi connectivity index (χ1n) is 4.80. The Kier molecular flexibility index (Phi) is 14.9. The van der Waals surface area contributed by atoms with Crippen LogP contribution in [-0.4, -0.2) is 6.29 Å². The van der Waals surface area contributed by atoms with E-state index in [-0.39, 0.29) is 0 Å². The standard InChI is InChI=1S/C8H16O.C2H6/c1-3-5-8(7-9)6-4-2;1-2/h7-8H,3-6H2,1-2H3;1-2H3. The minimum atomic E-state index is 0.333. The number of rotatable bonds is 5. The number of carbonyl (C=O) groups excluding carboxylic acids is 1. The van der Waals surface area contributed by atoms with Gasteiger partial charge in [-0.15, -0.1) is 0 Å². The van der Waals surface area contributed by atoms with Gasteiger partial charge < -0.3 is 4.79 Å². The molecule has 0 atom stereocenters. The molecule has 0 aromatic carbocycles. The van der Waals surface area contributed by atoms with Crippen LogP contribution < -0.4 is 0 Å². The van der Waals surface area contributed by atoms with Crippen molar-refractivity contribution < 1.29 is 4.79 Å². The molecule has 0 heterocycles. The van der Waals surface area contributed by atoms with E-state index in [9.17, 15) is 4.79 Å². The van der Waals surface area contributed by atoms with Crippen LogP contribution in [0, 0.1) is 5.92 Å². The maximum Gasteiger partial charge on any atom is 0.123 e. The van der Waals surface area contributed by atoms with E-state index in [1.807, 2.05) is 13.8 Å². The summed E-state index contributed by atoms with van der Waals surface area (Å²) in [6.07, 6.45) is 5.48. The van der Waals surface area contributed by atoms with E-state index >= 15 is 0 Å². The van der Waals surface area contributed by atoms with E-state index < -0.39 is 0 Å². The van der Waals surface area contributed by atoms with Crippen LogP contribution in [0.3, 0.4) is 0 Å². The van der Waals surface area contributed by atoms with Crippen molar-refractivity contribution in [2.24, 2.45) is 5.92 Å². The first kappa shape index (κ1) is 13.3. The van der Waals surface area contributed by atoms with Crippen molar-refractivity contribution in [2.75, 3.05) is 0 Å². The molecule has 1 nitrogen and oxygen atoms in total. The Morgan fingerprint density at radius 3 is 1.64 bits per heavy atom. The summed E-state index contributed by atoms with van der Waals surface area (Å²) in [7, 11) is 0. The van der Waals surface area contributed by atoms with Gasteiger partial charge in [0.1, 0.15) is 6.29 Å². The molecule has 0 N–H and O–H groups in total. The fourth-order valence-electron chi connectivity index (χ4n) is 1.02. The average molecular weight is 158 g/mol. The summed E-state index contributed by atoms with van der Waals surface area (Å²) in [6, 6.07) is 0. The largest absolute Gasteiger partial charge is 0.303 e. The number of hydrogen-bond donors (Lipinski definition) is 0. The Morgan fingerprint density at radius 1 is 1.09 bits per heavy atom. The monoisotopic (exact) mass is 158 g/mol. The van der Waals surface area contributed by atoms with Gasteiger partial charge in [0, 0.05) is 5.92 Å². The highest BCUT2D eigenvalue weighted by atomic mass is 16.1. The molecule has 0 aromatic rings. The molecule has 0 aliphatic carbocycles. The summed E-state index contributed by atoms with van der Waals surface area (Å²) in [5.41, 5.74) is 0. The van der Waals surface area contributed by atoms with Crippen molar-refractivity contribution in [3.8, 4) is 0 Å². The van der Waals surface area contributed by atoms with Crippen molar-refractivity contribution in [1.29, 1.82) is 0 Å². The molecule has 11 heavy (non-hydrogen) atoms. The Morgan fingerprint density at radius 2 is 1.45 bits per heavy atom. The lowest BCUT2D eigenvalue weighted by Crippen LogP contribution is -1.99. The lowest BCUT2D eigenvalue weighted by atomic mass is 10.0. The number of carbonyl (C=O) groups is 1. The summed E-state index contributed by atoms with van der Waals surface area (Å²) in [5.74, 6) is 0.333. The maximum absolute atomic E-state index is 10.3. The van der Waals surface area contributed by atoms with Gasteiger partial charge in [-0.25, -0.2) is 0 Å². The third-order valence-electron chi connectivity index (χ3n) is 1.51. The van der Waals surface area contributed by atoms with Gasteiger partial charge in [-0.2, -0.15) is 0 Å². The molecule has 0 aliphatic rings. The second-order valence-corrected chi connectivity index (χ2v) is 2.47. The maximum atomic E-state index is 10.3. The van der Waals surface area contributed by atoms with Crippen LogP contribution in [0.4, 0.5) is 0 Å². The van der Waals surface area contributed by atoms with E-state index in [1.54, 1.807) is 0 Å². The fraction of sp³-hybridized carbons (Fsp3) is 0.900. The molecule has 0 radical (unpaired) electrons. The van der Waals surface area contributed by atoms with E-state index in [0.29, 0.717) is 5.92 Å². The minimum Gasteiger partial charge on any atom is -0.303 e. The molecule has 0 saturated heterocycles. The molecule has 0 aromatic heterocycles. The number of aldehydes is 1. The van der Waals surface area contributed by atoms with E-state index in [0.717, 1.165) is 32.0 Å². The quantitative estimate of drug-likeness (QED) is 0.560. The van der Waals surface area contributed by atoms with Gasteiger partial charge in [0.25, 0.3) is 0 Å². The molecule has 0 fully saturated rings. The van der Waals surface area contributed by atoms with Crippen LogP contribution in [0.2, 0.25) is 0 Å². The molecule has 0 bridgehead atoms. The fourth-order valence-corrected chi connectivity index (χ4v) is 1.02. The van der Waals surface area contributed by atoms with Crippen LogP contribution in [0.5, 0.6) is 0 Å². The van der Waals surface area contributed by atoms with Gasteiger partial charge >= 0.3 is 0 Å². The molecule has 0 saturated carbocycles. The molecule has 0 aliphatic heterocycles. The highest BCUT2D eigenvalue weighted by molar-refractivity contribution is 5.53. The topological polar surface area (TPSA) is 17.1 Å². The van der Waals surface area contributed by atoms with Crippen molar-refractivity contribution in [2.45, 2.75) is 53.4 Å². The average Bonchev–Trinajstić information content (AvgIpc) is 2.08. The second-order valence-electron chi connectivity index (χ2n) is 2.47. The molecule has 1 heteroatoms. The minimum absolute atomic E-state index is 0.333. The zero-order valence-electron chi connectivity index (χ0n) is 8.39. The van der Waals surface area contributed by atoms with Crippen molar-refractivity contribution in [3.63, 3.8) is 0 Å². The highest BCUT2D eigenvalue weighted by Gasteiger charge is 2.02. The van der Waals surface area contributed by atoms with Crippen LogP contribution in [0.15, 0.2) is 0 Å². The Balaban J connectivity index is 0. The van der Waals surface area contributed by atoms with Crippen molar-refractivity contribution in [1.82, 2.24) is 0 Å². The smallest absolute Gasteiger partial charge is 0.123 e. The third-order valence-corrected chi connectivity index (χ3v) is 1.51. The van der Waals surface area contributed by atoms with Gasteiger partial charge in [0.2, 0.25) is 0 Å². The zero-order chi connectivity index (χ0) is 9.11. The lowest BCUT2D eigenvalue weighted by Gasteiger charge is -2.04. The predicted molar refractivity (Wildman–Crippen MR) is 50.7 cm³/mol. The second kappa shape index (κ2) is 12.4. The Hall–Kier alpha value is -0.330. The van der Waals surface area contributed by atoms with Gasteiger partial charge in [-0.1, -0.05) is 40.5 Å².